The molecule has 2 heteroatoms. The number of rotatable bonds is 1. The minimum atomic E-state index is 0.915. The van der Waals surface area contributed by atoms with Gasteiger partial charge in [0.15, 0.2) is 0 Å². The molecule has 0 saturated heterocycles. The van der Waals surface area contributed by atoms with Gasteiger partial charge >= 0.3 is 0 Å². The van der Waals surface area contributed by atoms with Crippen molar-refractivity contribution in [2.75, 3.05) is 0 Å². The van der Waals surface area contributed by atoms with Crippen molar-refractivity contribution < 1.29 is 4.42 Å². The van der Waals surface area contributed by atoms with Gasteiger partial charge in [0.25, 0.3) is 0 Å². The van der Waals surface area contributed by atoms with Gasteiger partial charge in [0, 0.05) is 15.2 Å². The number of fused-ring (bicyclic) bond motifs is 6. The predicted octanol–water partition coefficient (Wildman–Crippen LogP) is 8.32. The summed E-state index contributed by atoms with van der Waals surface area (Å²) in [6, 6.07) is 32.2. The minimum Gasteiger partial charge on any atom is -0.456 e. The van der Waals surface area contributed by atoms with Crippen molar-refractivity contribution in [3.05, 3.63) is 95.5 Å². The summed E-state index contributed by atoms with van der Waals surface area (Å²) >= 11 is 3.58. The maximum Gasteiger partial charge on any atom is 0.135 e. The Morgan fingerprint density at radius 1 is 0.536 bits per heavy atom. The van der Waals surface area contributed by atoms with Gasteiger partial charge in [-0.15, -0.1) is 0 Å². The molecule has 0 aliphatic carbocycles. The first kappa shape index (κ1) is 15.9. The Balaban J connectivity index is 1.71. The van der Waals surface area contributed by atoms with Gasteiger partial charge in [0.1, 0.15) is 11.2 Å². The molecule has 0 amide bonds. The van der Waals surface area contributed by atoms with Crippen LogP contribution in [-0.4, -0.2) is 0 Å². The molecule has 0 aliphatic heterocycles. The Morgan fingerprint density at radius 3 is 2.07 bits per heavy atom. The quantitative estimate of drug-likeness (QED) is 0.242. The lowest BCUT2D eigenvalue weighted by Crippen LogP contribution is -1.84. The molecular formula is C26H15BrO. The molecule has 1 heterocycles. The van der Waals surface area contributed by atoms with Crippen molar-refractivity contribution in [2.24, 2.45) is 0 Å². The number of halogens is 1. The molecule has 0 atom stereocenters. The van der Waals surface area contributed by atoms with Crippen LogP contribution in [0.5, 0.6) is 0 Å². The zero-order valence-electron chi connectivity index (χ0n) is 14.9. The standard InChI is InChI=1S/C26H15BrO/c27-18-10-12-26-24(15-18)23-14-17(9-11-25(23)28-26)22-13-16-5-1-2-6-19(16)20-7-3-4-8-21(20)22/h1-15H. The van der Waals surface area contributed by atoms with E-state index in [1.54, 1.807) is 0 Å². The van der Waals surface area contributed by atoms with E-state index in [1.807, 2.05) is 12.1 Å². The average molecular weight is 423 g/mol. The summed E-state index contributed by atoms with van der Waals surface area (Å²) in [7, 11) is 0. The largest absolute Gasteiger partial charge is 0.456 e. The fraction of sp³-hybridized carbons (Fsp3) is 0. The summed E-state index contributed by atoms with van der Waals surface area (Å²) in [4.78, 5) is 0. The Hall–Kier alpha value is -3.10. The summed E-state index contributed by atoms with van der Waals surface area (Å²) in [5, 5.41) is 7.39. The normalized spacial score (nSPS) is 11.8. The summed E-state index contributed by atoms with van der Waals surface area (Å²) in [6.07, 6.45) is 0. The lowest BCUT2D eigenvalue weighted by molar-refractivity contribution is 0.669. The van der Waals surface area contributed by atoms with Gasteiger partial charge in [-0.1, -0.05) is 70.5 Å². The fourth-order valence-electron chi connectivity index (χ4n) is 4.21. The Bertz CT molecular complexity index is 1520. The second-order valence-electron chi connectivity index (χ2n) is 7.14. The first-order valence-corrected chi connectivity index (χ1v) is 10.1. The zero-order valence-corrected chi connectivity index (χ0v) is 16.5. The van der Waals surface area contributed by atoms with E-state index < -0.39 is 0 Å². The molecule has 0 N–H and O–H groups in total. The zero-order chi connectivity index (χ0) is 18.7. The number of furan rings is 1. The molecule has 0 unspecified atom stereocenters. The molecule has 6 rings (SSSR count). The second kappa shape index (κ2) is 5.95. The smallest absolute Gasteiger partial charge is 0.135 e. The van der Waals surface area contributed by atoms with Crippen LogP contribution in [0, 0.1) is 0 Å². The highest BCUT2D eigenvalue weighted by Crippen LogP contribution is 2.38. The van der Waals surface area contributed by atoms with Gasteiger partial charge in [0.05, 0.1) is 0 Å². The third-order valence-electron chi connectivity index (χ3n) is 5.51. The van der Waals surface area contributed by atoms with E-state index in [4.69, 9.17) is 4.42 Å². The van der Waals surface area contributed by atoms with Crippen molar-refractivity contribution in [2.45, 2.75) is 0 Å². The molecule has 0 fully saturated rings. The third-order valence-corrected chi connectivity index (χ3v) is 6.00. The van der Waals surface area contributed by atoms with Crippen LogP contribution in [0.15, 0.2) is 99.9 Å². The van der Waals surface area contributed by atoms with Gasteiger partial charge in [-0.2, -0.15) is 0 Å². The fourth-order valence-corrected chi connectivity index (χ4v) is 4.57. The Morgan fingerprint density at radius 2 is 1.21 bits per heavy atom. The number of benzene rings is 5. The highest BCUT2D eigenvalue weighted by molar-refractivity contribution is 9.10. The van der Waals surface area contributed by atoms with E-state index >= 15 is 0 Å². The van der Waals surface area contributed by atoms with E-state index in [9.17, 15) is 0 Å². The SMILES string of the molecule is Brc1ccc2oc3ccc(-c4cc5ccccc5c5ccccc45)cc3c2c1. The van der Waals surface area contributed by atoms with Crippen LogP contribution in [0.2, 0.25) is 0 Å². The molecule has 5 aromatic carbocycles. The first-order valence-electron chi connectivity index (χ1n) is 9.31. The maximum atomic E-state index is 6.04. The van der Waals surface area contributed by atoms with Crippen LogP contribution in [0.25, 0.3) is 54.6 Å². The topological polar surface area (TPSA) is 13.1 Å². The Labute approximate surface area is 170 Å². The van der Waals surface area contributed by atoms with Crippen LogP contribution >= 0.6 is 15.9 Å². The highest BCUT2D eigenvalue weighted by Gasteiger charge is 2.12. The van der Waals surface area contributed by atoms with Gasteiger partial charge in [-0.05, 0) is 69.1 Å². The lowest BCUT2D eigenvalue weighted by atomic mass is 9.93. The van der Waals surface area contributed by atoms with Crippen molar-refractivity contribution >= 4 is 59.4 Å². The molecule has 0 bridgehead atoms. The molecule has 0 aliphatic rings. The minimum absolute atomic E-state index is 0.915. The maximum absolute atomic E-state index is 6.04. The van der Waals surface area contributed by atoms with E-state index in [2.05, 4.69) is 94.8 Å². The summed E-state index contributed by atoms with van der Waals surface area (Å²) in [5.74, 6) is 0. The van der Waals surface area contributed by atoms with Crippen LogP contribution in [0.3, 0.4) is 0 Å². The monoisotopic (exact) mass is 422 g/mol. The molecular weight excluding hydrogens is 408 g/mol. The van der Waals surface area contributed by atoms with Crippen molar-refractivity contribution in [1.29, 1.82) is 0 Å². The second-order valence-corrected chi connectivity index (χ2v) is 8.06. The first-order chi connectivity index (χ1) is 13.8. The van der Waals surface area contributed by atoms with Crippen LogP contribution in [-0.2, 0) is 0 Å². The summed E-state index contributed by atoms with van der Waals surface area (Å²) in [6.45, 7) is 0. The van der Waals surface area contributed by atoms with Crippen LogP contribution < -0.4 is 0 Å². The number of hydrogen-bond acceptors (Lipinski definition) is 1. The molecule has 0 saturated carbocycles. The molecule has 132 valence electrons. The molecule has 1 aromatic heterocycles. The summed E-state index contributed by atoms with van der Waals surface area (Å²) in [5.41, 5.74) is 4.29. The van der Waals surface area contributed by atoms with E-state index in [1.165, 1.54) is 32.7 Å². The van der Waals surface area contributed by atoms with Gasteiger partial charge in [0.2, 0.25) is 0 Å². The lowest BCUT2D eigenvalue weighted by Gasteiger charge is -2.11. The van der Waals surface area contributed by atoms with Crippen molar-refractivity contribution in [1.82, 2.24) is 0 Å². The molecule has 0 radical (unpaired) electrons. The molecule has 1 nitrogen and oxygen atoms in total. The molecule has 0 spiro atoms. The predicted molar refractivity (Wildman–Crippen MR) is 122 cm³/mol. The van der Waals surface area contributed by atoms with Crippen LogP contribution in [0.4, 0.5) is 0 Å². The van der Waals surface area contributed by atoms with Gasteiger partial charge < -0.3 is 4.42 Å². The number of hydrogen-bond donors (Lipinski definition) is 0. The van der Waals surface area contributed by atoms with Gasteiger partial charge in [-0.3, -0.25) is 0 Å². The Kier molecular flexibility index (Phi) is 3.38. The van der Waals surface area contributed by atoms with E-state index in [0.717, 1.165) is 26.4 Å². The third kappa shape index (κ3) is 2.31. The van der Waals surface area contributed by atoms with Crippen molar-refractivity contribution in [3.63, 3.8) is 0 Å². The van der Waals surface area contributed by atoms with E-state index in [0.29, 0.717) is 0 Å². The molecule has 28 heavy (non-hydrogen) atoms. The highest BCUT2D eigenvalue weighted by atomic mass is 79.9. The average Bonchev–Trinajstić information content (AvgIpc) is 3.10. The van der Waals surface area contributed by atoms with Crippen LogP contribution in [0.1, 0.15) is 0 Å². The van der Waals surface area contributed by atoms with Crippen molar-refractivity contribution in [3.8, 4) is 11.1 Å². The summed E-state index contributed by atoms with van der Waals surface area (Å²) < 4.78 is 7.09. The van der Waals surface area contributed by atoms with E-state index in [-0.39, 0.29) is 0 Å². The van der Waals surface area contributed by atoms with Gasteiger partial charge in [-0.25, -0.2) is 0 Å². The molecule has 6 aromatic rings.